The first kappa shape index (κ1) is 17.8. The van der Waals surface area contributed by atoms with Crippen molar-refractivity contribution in [1.82, 2.24) is 10.2 Å². The monoisotopic (exact) mass is 320 g/mol. The summed E-state index contributed by atoms with van der Waals surface area (Å²) in [7, 11) is 1.71. The third-order valence-electron chi connectivity index (χ3n) is 4.03. The van der Waals surface area contributed by atoms with Crippen LogP contribution in [0.1, 0.15) is 32.8 Å². The third kappa shape index (κ3) is 5.52. The minimum atomic E-state index is -0.487. The SMILES string of the molecule is COC1(CNC(=O)OC(C)(C)C)CCN(Cc2ccccc2)C1. The van der Waals surface area contributed by atoms with Crippen LogP contribution in [0.5, 0.6) is 0 Å². The van der Waals surface area contributed by atoms with Crippen LogP contribution >= 0.6 is 0 Å². The zero-order valence-corrected chi connectivity index (χ0v) is 14.6. The number of alkyl carbamates (subject to hydrolysis) is 1. The maximum atomic E-state index is 11.8. The molecule has 2 rings (SSSR count). The fourth-order valence-electron chi connectivity index (χ4n) is 2.83. The Bertz CT molecular complexity index is 513. The lowest BCUT2D eigenvalue weighted by Gasteiger charge is -2.29. The third-order valence-corrected chi connectivity index (χ3v) is 4.03. The first-order valence-electron chi connectivity index (χ1n) is 8.10. The lowest BCUT2D eigenvalue weighted by molar-refractivity contribution is -0.00597. The number of nitrogens with one attached hydrogen (secondary N) is 1. The molecular formula is C18H28N2O3. The number of carbonyl (C=O) groups is 1. The fourth-order valence-corrected chi connectivity index (χ4v) is 2.83. The molecule has 0 aromatic heterocycles. The Morgan fingerprint density at radius 1 is 1.30 bits per heavy atom. The van der Waals surface area contributed by atoms with E-state index in [4.69, 9.17) is 9.47 Å². The molecule has 1 fully saturated rings. The second-order valence-electron chi connectivity index (χ2n) is 7.19. The molecule has 0 saturated carbocycles. The Kier molecular flexibility index (Phi) is 5.65. The molecular weight excluding hydrogens is 292 g/mol. The molecule has 1 heterocycles. The molecule has 0 aliphatic carbocycles. The van der Waals surface area contributed by atoms with Crippen molar-refractivity contribution < 1.29 is 14.3 Å². The Balaban J connectivity index is 1.86. The predicted octanol–water partition coefficient (Wildman–Crippen LogP) is 2.80. The zero-order chi connectivity index (χ0) is 16.9. The molecule has 0 spiro atoms. The number of benzene rings is 1. The van der Waals surface area contributed by atoms with Crippen LogP contribution in [-0.4, -0.2) is 48.9 Å². The van der Waals surface area contributed by atoms with Gasteiger partial charge in [-0.05, 0) is 32.8 Å². The molecule has 1 aromatic carbocycles. The molecule has 23 heavy (non-hydrogen) atoms. The van der Waals surface area contributed by atoms with Crippen molar-refractivity contribution in [3.8, 4) is 0 Å². The van der Waals surface area contributed by atoms with Gasteiger partial charge in [0, 0.05) is 26.7 Å². The number of amides is 1. The van der Waals surface area contributed by atoms with E-state index in [-0.39, 0.29) is 5.60 Å². The maximum absolute atomic E-state index is 11.8. The van der Waals surface area contributed by atoms with Crippen LogP contribution in [0.2, 0.25) is 0 Å². The fraction of sp³-hybridized carbons (Fsp3) is 0.611. The van der Waals surface area contributed by atoms with Gasteiger partial charge >= 0.3 is 6.09 Å². The number of likely N-dealkylation sites (tertiary alicyclic amines) is 1. The molecule has 1 N–H and O–H groups in total. The number of nitrogens with zero attached hydrogens (tertiary/aromatic N) is 1. The van der Waals surface area contributed by atoms with Crippen molar-refractivity contribution in [2.75, 3.05) is 26.7 Å². The molecule has 1 amide bonds. The van der Waals surface area contributed by atoms with Crippen LogP contribution in [-0.2, 0) is 16.0 Å². The smallest absolute Gasteiger partial charge is 0.407 e. The molecule has 128 valence electrons. The van der Waals surface area contributed by atoms with E-state index in [0.29, 0.717) is 6.54 Å². The molecule has 1 saturated heterocycles. The summed E-state index contributed by atoms with van der Waals surface area (Å²) < 4.78 is 11.0. The van der Waals surface area contributed by atoms with Gasteiger partial charge in [0.25, 0.3) is 0 Å². The van der Waals surface area contributed by atoms with Crippen molar-refractivity contribution in [3.63, 3.8) is 0 Å². The lowest BCUT2D eigenvalue weighted by atomic mass is 10.0. The van der Waals surface area contributed by atoms with E-state index in [1.54, 1.807) is 7.11 Å². The first-order valence-corrected chi connectivity index (χ1v) is 8.10. The van der Waals surface area contributed by atoms with Crippen LogP contribution < -0.4 is 5.32 Å². The molecule has 0 bridgehead atoms. The topological polar surface area (TPSA) is 50.8 Å². The second kappa shape index (κ2) is 7.32. The number of hydrogen-bond donors (Lipinski definition) is 1. The molecule has 1 aromatic rings. The van der Waals surface area contributed by atoms with Gasteiger partial charge in [0.05, 0.1) is 12.1 Å². The number of rotatable bonds is 5. The Hall–Kier alpha value is -1.59. The van der Waals surface area contributed by atoms with E-state index < -0.39 is 11.7 Å². The first-order chi connectivity index (χ1) is 10.8. The quantitative estimate of drug-likeness (QED) is 0.906. The van der Waals surface area contributed by atoms with Gasteiger partial charge in [0.15, 0.2) is 0 Å². The highest BCUT2D eigenvalue weighted by molar-refractivity contribution is 5.67. The molecule has 5 heteroatoms. The number of hydrogen-bond acceptors (Lipinski definition) is 4. The second-order valence-corrected chi connectivity index (χ2v) is 7.19. The van der Waals surface area contributed by atoms with Crippen LogP contribution in [0.25, 0.3) is 0 Å². The number of ether oxygens (including phenoxy) is 2. The summed E-state index contributed by atoms with van der Waals surface area (Å²) in [5.74, 6) is 0. The van der Waals surface area contributed by atoms with Crippen molar-refractivity contribution in [2.24, 2.45) is 0 Å². The highest BCUT2D eigenvalue weighted by Gasteiger charge is 2.38. The molecule has 1 atom stereocenters. The predicted molar refractivity (Wildman–Crippen MR) is 90.3 cm³/mol. The standard InChI is InChI=1S/C18H28N2O3/c1-17(2,3)23-16(21)19-13-18(22-4)10-11-20(14-18)12-15-8-6-5-7-9-15/h5-9H,10-14H2,1-4H3,(H,19,21). The van der Waals surface area contributed by atoms with Gasteiger partial charge in [-0.25, -0.2) is 4.79 Å². The van der Waals surface area contributed by atoms with E-state index in [9.17, 15) is 4.79 Å². The van der Waals surface area contributed by atoms with Crippen molar-refractivity contribution >= 4 is 6.09 Å². The summed E-state index contributed by atoms with van der Waals surface area (Å²) in [5.41, 5.74) is 0.463. The lowest BCUT2D eigenvalue weighted by Crippen LogP contribution is -2.47. The van der Waals surface area contributed by atoms with Crippen molar-refractivity contribution in [1.29, 1.82) is 0 Å². The zero-order valence-electron chi connectivity index (χ0n) is 14.6. The molecule has 0 radical (unpaired) electrons. The largest absolute Gasteiger partial charge is 0.444 e. The highest BCUT2D eigenvalue weighted by atomic mass is 16.6. The van der Waals surface area contributed by atoms with Crippen LogP contribution in [0.3, 0.4) is 0 Å². The molecule has 1 unspecified atom stereocenters. The summed E-state index contributed by atoms with van der Waals surface area (Å²) in [5, 5.41) is 2.84. The van der Waals surface area contributed by atoms with Gasteiger partial charge in [0.1, 0.15) is 5.60 Å². The average Bonchev–Trinajstić information content (AvgIpc) is 2.88. The minimum Gasteiger partial charge on any atom is -0.444 e. The van der Waals surface area contributed by atoms with Gasteiger partial charge in [-0.1, -0.05) is 30.3 Å². The Labute approximate surface area is 139 Å². The van der Waals surface area contributed by atoms with E-state index in [1.807, 2.05) is 26.8 Å². The number of carbonyl (C=O) groups excluding carboxylic acids is 1. The van der Waals surface area contributed by atoms with Gasteiger partial charge < -0.3 is 14.8 Å². The van der Waals surface area contributed by atoms with Gasteiger partial charge in [-0.15, -0.1) is 0 Å². The van der Waals surface area contributed by atoms with Crippen molar-refractivity contribution in [3.05, 3.63) is 35.9 Å². The molecule has 1 aliphatic rings. The van der Waals surface area contributed by atoms with Gasteiger partial charge in [-0.3, -0.25) is 4.90 Å². The summed E-state index contributed by atoms with van der Waals surface area (Å²) in [4.78, 5) is 14.2. The van der Waals surface area contributed by atoms with E-state index in [2.05, 4.69) is 34.5 Å². The van der Waals surface area contributed by atoms with Gasteiger partial charge in [0.2, 0.25) is 0 Å². The molecule has 5 nitrogen and oxygen atoms in total. The average molecular weight is 320 g/mol. The summed E-state index contributed by atoms with van der Waals surface area (Å²) in [6, 6.07) is 10.4. The van der Waals surface area contributed by atoms with Crippen molar-refractivity contribution in [2.45, 2.75) is 44.9 Å². The summed E-state index contributed by atoms with van der Waals surface area (Å²) in [6.45, 7) is 8.69. The maximum Gasteiger partial charge on any atom is 0.407 e. The van der Waals surface area contributed by atoms with E-state index >= 15 is 0 Å². The van der Waals surface area contributed by atoms with E-state index in [0.717, 1.165) is 26.1 Å². The normalized spacial score (nSPS) is 22.1. The van der Waals surface area contributed by atoms with Crippen LogP contribution in [0.4, 0.5) is 4.79 Å². The minimum absolute atomic E-state index is 0.342. The highest BCUT2D eigenvalue weighted by Crippen LogP contribution is 2.25. The van der Waals surface area contributed by atoms with E-state index in [1.165, 1.54) is 5.56 Å². The number of methoxy groups -OCH3 is 1. The van der Waals surface area contributed by atoms with Crippen LogP contribution in [0, 0.1) is 0 Å². The Morgan fingerprint density at radius 3 is 2.61 bits per heavy atom. The summed E-state index contributed by atoms with van der Waals surface area (Å²) >= 11 is 0. The van der Waals surface area contributed by atoms with Crippen LogP contribution in [0.15, 0.2) is 30.3 Å². The van der Waals surface area contributed by atoms with Gasteiger partial charge in [-0.2, -0.15) is 0 Å². The molecule has 1 aliphatic heterocycles. The summed E-state index contributed by atoms with van der Waals surface area (Å²) in [6.07, 6.45) is 0.502. The Morgan fingerprint density at radius 2 is 2.00 bits per heavy atom.